The van der Waals surface area contributed by atoms with Crippen molar-refractivity contribution < 1.29 is 14.3 Å². The van der Waals surface area contributed by atoms with E-state index < -0.39 is 10.8 Å². The average molecular weight is 244 g/mol. The van der Waals surface area contributed by atoms with E-state index in [9.17, 15) is 9.59 Å². The molecule has 1 fully saturated rings. The Morgan fingerprint density at radius 2 is 1.89 bits per heavy atom. The predicted octanol–water partition coefficient (Wildman–Crippen LogP) is 2.28. The summed E-state index contributed by atoms with van der Waals surface area (Å²) in [7, 11) is 0. The highest BCUT2D eigenvalue weighted by Crippen LogP contribution is 2.51. The molecule has 1 spiro atoms. The van der Waals surface area contributed by atoms with Crippen molar-refractivity contribution in [2.45, 2.75) is 32.1 Å². The molecule has 1 aliphatic heterocycles. The van der Waals surface area contributed by atoms with Crippen LogP contribution in [0.1, 0.15) is 32.3 Å². The quantitative estimate of drug-likeness (QED) is 0.657. The first-order valence-corrected chi connectivity index (χ1v) is 6.29. The minimum absolute atomic E-state index is 0.0493. The van der Waals surface area contributed by atoms with Gasteiger partial charge in [-0.25, -0.2) is 0 Å². The molecule has 18 heavy (non-hydrogen) atoms. The molecule has 1 heterocycles. The van der Waals surface area contributed by atoms with Crippen LogP contribution in [0.5, 0.6) is 5.75 Å². The summed E-state index contributed by atoms with van der Waals surface area (Å²) in [4.78, 5) is 25.2. The number of fused-ring (bicyclic) bond motifs is 2. The Balaban J connectivity index is 2.24. The van der Waals surface area contributed by atoms with Crippen LogP contribution in [0.2, 0.25) is 0 Å². The molecule has 3 nitrogen and oxygen atoms in total. The minimum Gasteiger partial charge on any atom is -0.493 e. The van der Waals surface area contributed by atoms with Crippen molar-refractivity contribution in [3.05, 3.63) is 29.8 Å². The van der Waals surface area contributed by atoms with Gasteiger partial charge in [0.2, 0.25) is 0 Å². The molecular formula is C15H16O3. The minimum atomic E-state index is -0.946. The predicted molar refractivity (Wildman–Crippen MR) is 66.6 cm³/mol. The van der Waals surface area contributed by atoms with Crippen molar-refractivity contribution in [1.29, 1.82) is 0 Å². The van der Waals surface area contributed by atoms with Crippen LogP contribution in [0.15, 0.2) is 24.3 Å². The molecule has 1 aliphatic carbocycles. The lowest BCUT2D eigenvalue weighted by Gasteiger charge is -2.33. The molecule has 3 rings (SSSR count). The van der Waals surface area contributed by atoms with Gasteiger partial charge < -0.3 is 4.74 Å². The third kappa shape index (κ3) is 1.25. The second-order valence-corrected chi connectivity index (χ2v) is 5.81. The van der Waals surface area contributed by atoms with E-state index in [4.69, 9.17) is 4.74 Å². The highest BCUT2D eigenvalue weighted by Gasteiger charge is 2.60. The van der Waals surface area contributed by atoms with Gasteiger partial charge in [-0.1, -0.05) is 32.0 Å². The van der Waals surface area contributed by atoms with E-state index in [0.29, 0.717) is 25.2 Å². The van der Waals surface area contributed by atoms with Gasteiger partial charge in [0.1, 0.15) is 11.2 Å². The van der Waals surface area contributed by atoms with Crippen molar-refractivity contribution in [2.75, 3.05) is 6.61 Å². The summed E-state index contributed by atoms with van der Waals surface area (Å²) in [6.07, 6.45) is 0.811. The van der Waals surface area contributed by atoms with E-state index in [2.05, 4.69) is 0 Å². The fourth-order valence-electron chi connectivity index (χ4n) is 3.26. The number of hydrogen-bond donors (Lipinski definition) is 0. The molecule has 2 aliphatic rings. The molecule has 3 heteroatoms. The van der Waals surface area contributed by atoms with E-state index in [1.807, 2.05) is 38.1 Å². The Bertz CT molecular complexity index is 544. The van der Waals surface area contributed by atoms with Crippen LogP contribution < -0.4 is 4.74 Å². The molecule has 0 N–H and O–H groups in total. The van der Waals surface area contributed by atoms with Gasteiger partial charge in [-0.2, -0.15) is 0 Å². The van der Waals surface area contributed by atoms with Crippen LogP contribution in [-0.4, -0.2) is 18.2 Å². The molecule has 0 bridgehead atoms. The molecule has 0 radical (unpaired) electrons. The van der Waals surface area contributed by atoms with Gasteiger partial charge in [0.05, 0.1) is 6.61 Å². The summed E-state index contributed by atoms with van der Waals surface area (Å²) in [6.45, 7) is 4.16. The third-order valence-electron chi connectivity index (χ3n) is 4.16. The van der Waals surface area contributed by atoms with Gasteiger partial charge in [0, 0.05) is 23.8 Å². The van der Waals surface area contributed by atoms with Crippen molar-refractivity contribution in [3.63, 3.8) is 0 Å². The second-order valence-electron chi connectivity index (χ2n) is 5.81. The van der Waals surface area contributed by atoms with Gasteiger partial charge in [-0.05, 0) is 6.07 Å². The summed E-state index contributed by atoms with van der Waals surface area (Å²) in [5.41, 5.74) is -0.739. The SMILES string of the molecule is CC1(C)CC(=O)C2(CCOc3ccccc32)C1=O. The third-order valence-corrected chi connectivity index (χ3v) is 4.16. The number of rotatable bonds is 0. The first-order valence-electron chi connectivity index (χ1n) is 6.29. The number of carbonyl (C=O) groups is 2. The molecule has 1 saturated carbocycles. The van der Waals surface area contributed by atoms with Crippen molar-refractivity contribution in [3.8, 4) is 5.75 Å². The molecule has 1 unspecified atom stereocenters. The molecule has 94 valence electrons. The van der Waals surface area contributed by atoms with Crippen LogP contribution in [0.3, 0.4) is 0 Å². The summed E-state index contributed by atoms with van der Waals surface area (Å²) in [5.74, 6) is 0.784. The Labute approximate surface area is 106 Å². The number of para-hydroxylation sites is 1. The number of ether oxygens (including phenoxy) is 1. The lowest BCUT2D eigenvalue weighted by molar-refractivity contribution is -0.133. The zero-order valence-electron chi connectivity index (χ0n) is 10.7. The maximum absolute atomic E-state index is 12.7. The molecule has 1 aromatic rings. The van der Waals surface area contributed by atoms with E-state index in [0.717, 1.165) is 5.56 Å². The fourth-order valence-corrected chi connectivity index (χ4v) is 3.26. The molecule has 1 aromatic carbocycles. The van der Waals surface area contributed by atoms with Gasteiger partial charge in [0.15, 0.2) is 11.6 Å². The Hall–Kier alpha value is -1.64. The fraction of sp³-hybridized carbons (Fsp3) is 0.467. The Morgan fingerprint density at radius 1 is 1.17 bits per heavy atom. The van der Waals surface area contributed by atoms with E-state index in [1.54, 1.807) is 0 Å². The van der Waals surface area contributed by atoms with Gasteiger partial charge in [-0.3, -0.25) is 9.59 Å². The molecule has 0 saturated heterocycles. The zero-order valence-corrected chi connectivity index (χ0v) is 10.7. The first-order chi connectivity index (χ1) is 8.48. The smallest absolute Gasteiger partial charge is 0.157 e. The van der Waals surface area contributed by atoms with E-state index in [-0.39, 0.29) is 11.6 Å². The topological polar surface area (TPSA) is 43.4 Å². The molecule has 0 aromatic heterocycles. The van der Waals surface area contributed by atoms with Crippen LogP contribution >= 0.6 is 0 Å². The van der Waals surface area contributed by atoms with Crippen molar-refractivity contribution in [1.82, 2.24) is 0 Å². The molecular weight excluding hydrogens is 228 g/mol. The van der Waals surface area contributed by atoms with Gasteiger partial charge in [-0.15, -0.1) is 0 Å². The summed E-state index contributed by atoms with van der Waals surface area (Å²) in [5, 5.41) is 0. The van der Waals surface area contributed by atoms with Crippen LogP contribution in [0.25, 0.3) is 0 Å². The van der Waals surface area contributed by atoms with Gasteiger partial charge >= 0.3 is 0 Å². The average Bonchev–Trinajstić information content (AvgIpc) is 2.51. The maximum atomic E-state index is 12.7. The number of hydrogen-bond acceptors (Lipinski definition) is 3. The number of Topliss-reactive ketones (excluding diaryl/α,β-unsaturated/α-hetero) is 2. The lowest BCUT2D eigenvalue weighted by atomic mass is 9.71. The standard InChI is InChI=1S/C15H16O3/c1-14(2)9-12(16)15(13(14)17)7-8-18-11-6-4-3-5-10(11)15/h3-6H,7-9H2,1-2H3. The second kappa shape index (κ2) is 3.44. The summed E-state index contributed by atoms with van der Waals surface area (Å²) < 4.78 is 5.57. The van der Waals surface area contributed by atoms with Gasteiger partial charge in [0.25, 0.3) is 0 Å². The largest absolute Gasteiger partial charge is 0.493 e. The lowest BCUT2D eigenvalue weighted by Crippen LogP contribution is -2.44. The van der Waals surface area contributed by atoms with E-state index in [1.165, 1.54) is 0 Å². The molecule has 0 amide bonds. The van der Waals surface area contributed by atoms with Crippen molar-refractivity contribution in [2.24, 2.45) is 5.41 Å². The summed E-state index contributed by atoms with van der Waals surface area (Å²) >= 11 is 0. The van der Waals surface area contributed by atoms with Crippen LogP contribution in [0, 0.1) is 5.41 Å². The highest BCUT2D eigenvalue weighted by atomic mass is 16.5. The Morgan fingerprint density at radius 3 is 2.56 bits per heavy atom. The number of ketones is 2. The number of benzene rings is 1. The van der Waals surface area contributed by atoms with Crippen molar-refractivity contribution >= 4 is 11.6 Å². The van der Waals surface area contributed by atoms with Crippen LogP contribution in [-0.2, 0) is 15.0 Å². The maximum Gasteiger partial charge on any atom is 0.157 e. The normalized spacial score (nSPS) is 29.2. The summed E-state index contributed by atoms with van der Waals surface area (Å²) in [6, 6.07) is 7.42. The van der Waals surface area contributed by atoms with E-state index >= 15 is 0 Å². The monoisotopic (exact) mass is 244 g/mol. The highest BCUT2D eigenvalue weighted by molar-refractivity contribution is 6.21. The Kier molecular flexibility index (Phi) is 2.19. The zero-order chi connectivity index (χ0) is 13.0. The molecule has 1 atom stereocenters. The van der Waals surface area contributed by atoms with Crippen LogP contribution in [0.4, 0.5) is 0 Å². The first kappa shape index (κ1) is 11.5. The number of carbonyl (C=O) groups excluding carboxylic acids is 2.